The molecule has 2 heteroatoms. The molecule has 1 aromatic rings. The normalized spacial score (nSPS) is 12.2. The summed E-state index contributed by atoms with van der Waals surface area (Å²) in [6, 6.07) is 8.09. The van der Waals surface area contributed by atoms with E-state index in [0.717, 1.165) is 11.3 Å². The fourth-order valence-electron chi connectivity index (χ4n) is 1.00. The molecule has 0 heterocycles. The quantitative estimate of drug-likeness (QED) is 0.715. The zero-order valence-corrected chi connectivity index (χ0v) is 7.25. The third kappa shape index (κ3) is 2.10. The van der Waals surface area contributed by atoms with Crippen LogP contribution in [0.1, 0.15) is 18.5 Å². The predicted molar refractivity (Wildman–Crippen MR) is 52.9 cm³/mol. The molecular formula is C10H14N2. The molecular weight excluding hydrogens is 148 g/mol. The van der Waals surface area contributed by atoms with Crippen molar-refractivity contribution in [3.63, 3.8) is 0 Å². The van der Waals surface area contributed by atoms with Crippen molar-refractivity contribution >= 4 is 5.69 Å². The lowest BCUT2D eigenvalue weighted by Gasteiger charge is -2.06. The molecule has 12 heavy (non-hydrogen) atoms. The predicted octanol–water partition coefficient (Wildman–Crippen LogP) is 2.26. The first kappa shape index (κ1) is 8.81. The van der Waals surface area contributed by atoms with Gasteiger partial charge in [-0.3, -0.25) is 0 Å². The second kappa shape index (κ2) is 3.93. The van der Waals surface area contributed by atoms with E-state index in [1.807, 2.05) is 31.2 Å². The minimum absolute atomic E-state index is 0.0998. The van der Waals surface area contributed by atoms with Crippen LogP contribution >= 0.6 is 0 Å². The lowest BCUT2D eigenvalue weighted by atomic mass is 10.1. The van der Waals surface area contributed by atoms with Crippen molar-refractivity contribution in [3.05, 3.63) is 42.6 Å². The van der Waals surface area contributed by atoms with Crippen LogP contribution in [0.4, 0.5) is 5.69 Å². The van der Waals surface area contributed by atoms with Gasteiger partial charge in [0.05, 0.1) is 0 Å². The molecule has 64 valence electrons. The molecule has 2 nitrogen and oxygen atoms in total. The molecule has 0 aliphatic heterocycles. The number of rotatable bonds is 3. The molecule has 0 unspecified atom stereocenters. The van der Waals surface area contributed by atoms with Crippen LogP contribution in [0.15, 0.2) is 37.0 Å². The molecule has 0 amide bonds. The van der Waals surface area contributed by atoms with Gasteiger partial charge in [-0.25, -0.2) is 0 Å². The summed E-state index contributed by atoms with van der Waals surface area (Å²) in [5, 5.41) is 3.00. The average Bonchev–Trinajstić information content (AvgIpc) is 2.06. The maximum atomic E-state index is 5.70. The van der Waals surface area contributed by atoms with Crippen molar-refractivity contribution in [1.29, 1.82) is 0 Å². The van der Waals surface area contributed by atoms with Gasteiger partial charge in [-0.05, 0) is 30.8 Å². The number of anilines is 1. The number of hydrogen-bond donors (Lipinski definition) is 2. The molecule has 0 radical (unpaired) electrons. The highest BCUT2D eigenvalue weighted by Gasteiger charge is 1.97. The van der Waals surface area contributed by atoms with E-state index in [9.17, 15) is 0 Å². The monoisotopic (exact) mass is 162 g/mol. The fourth-order valence-corrected chi connectivity index (χ4v) is 1.00. The first-order chi connectivity index (χ1) is 5.74. The minimum atomic E-state index is 0.0998. The van der Waals surface area contributed by atoms with Crippen molar-refractivity contribution in [2.24, 2.45) is 5.73 Å². The van der Waals surface area contributed by atoms with Crippen LogP contribution < -0.4 is 11.1 Å². The summed E-state index contributed by atoms with van der Waals surface area (Å²) in [6.07, 6.45) is 1.65. The molecule has 0 aliphatic carbocycles. The van der Waals surface area contributed by atoms with Gasteiger partial charge in [0.2, 0.25) is 0 Å². The standard InChI is InChI=1S/C10H14N2/c1-3-12-10-6-4-9(5-7-10)8(2)11/h3-8,12H,1,11H2,2H3/t8-/m1/s1. The highest BCUT2D eigenvalue weighted by molar-refractivity contribution is 5.46. The lowest BCUT2D eigenvalue weighted by Crippen LogP contribution is -2.04. The molecule has 0 bridgehead atoms. The Morgan fingerprint density at radius 1 is 1.42 bits per heavy atom. The van der Waals surface area contributed by atoms with Gasteiger partial charge >= 0.3 is 0 Å². The SMILES string of the molecule is C=CNc1ccc([C@@H](C)N)cc1. The van der Waals surface area contributed by atoms with Gasteiger partial charge in [0.15, 0.2) is 0 Å². The number of nitrogens with two attached hydrogens (primary N) is 1. The van der Waals surface area contributed by atoms with Crippen LogP contribution in [0, 0.1) is 0 Å². The Kier molecular flexibility index (Phi) is 2.88. The summed E-state index contributed by atoms with van der Waals surface area (Å²) in [6.45, 7) is 5.55. The van der Waals surface area contributed by atoms with E-state index in [4.69, 9.17) is 5.73 Å². The van der Waals surface area contributed by atoms with Crippen molar-refractivity contribution in [1.82, 2.24) is 0 Å². The van der Waals surface area contributed by atoms with Crippen LogP contribution in [0.25, 0.3) is 0 Å². The minimum Gasteiger partial charge on any atom is -0.362 e. The van der Waals surface area contributed by atoms with E-state index >= 15 is 0 Å². The van der Waals surface area contributed by atoms with E-state index in [-0.39, 0.29) is 6.04 Å². The van der Waals surface area contributed by atoms with Crippen LogP contribution in [-0.2, 0) is 0 Å². The molecule has 0 fully saturated rings. The molecule has 0 spiro atoms. The first-order valence-corrected chi connectivity index (χ1v) is 3.97. The molecule has 0 aromatic heterocycles. The highest BCUT2D eigenvalue weighted by Crippen LogP contribution is 2.13. The molecule has 3 N–H and O–H groups in total. The zero-order valence-electron chi connectivity index (χ0n) is 7.25. The Bertz CT molecular complexity index is 249. The summed E-state index contributed by atoms with van der Waals surface area (Å²) < 4.78 is 0. The Morgan fingerprint density at radius 2 is 2.00 bits per heavy atom. The Hall–Kier alpha value is -1.28. The largest absolute Gasteiger partial charge is 0.362 e. The van der Waals surface area contributed by atoms with Crippen molar-refractivity contribution in [2.45, 2.75) is 13.0 Å². The van der Waals surface area contributed by atoms with Gasteiger partial charge in [-0.1, -0.05) is 18.7 Å². The van der Waals surface area contributed by atoms with Crippen LogP contribution in [0.3, 0.4) is 0 Å². The van der Waals surface area contributed by atoms with Gasteiger partial charge < -0.3 is 11.1 Å². The van der Waals surface area contributed by atoms with Crippen molar-refractivity contribution in [2.75, 3.05) is 5.32 Å². The molecule has 1 aromatic carbocycles. The van der Waals surface area contributed by atoms with Gasteiger partial charge in [-0.15, -0.1) is 0 Å². The average molecular weight is 162 g/mol. The van der Waals surface area contributed by atoms with E-state index < -0.39 is 0 Å². The first-order valence-electron chi connectivity index (χ1n) is 3.97. The van der Waals surface area contributed by atoms with E-state index in [2.05, 4.69) is 11.9 Å². The zero-order chi connectivity index (χ0) is 8.97. The summed E-state index contributed by atoms with van der Waals surface area (Å²) in [7, 11) is 0. The van der Waals surface area contributed by atoms with Crippen molar-refractivity contribution in [3.8, 4) is 0 Å². The van der Waals surface area contributed by atoms with Crippen LogP contribution in [-0.4, -0.2) is 0 Å². The molecule has 0 saturated carbocycles. The summed E-state index contributed by atoms with van der Waals surface area (Å²) in [5.41, 5.74) is 7.88. The van der Waals surface area contributed by atoms with E-state index in [1.165, 1.54) is 0 Å². The molecule has 0 aliphatic rings. The Balaban J connectivity index is 2.78. The van der Waals surface area contributed by atoms with Crippen molar-refractivity contribution < 1.29 is 0 Å². The number of benzene rings is 1. The molecule has 1 atom stereocenters. The molecule has 0 saturated heterocycles. The van der Waals surface area contributed by atoms with Crippen LogP contribution in [0.5, 0.6) is 0 Å². The highest BCUT2D eigenvalue weighted by atomic mass is 14.8. The van der Waals surface area contributed by atoms with E-state index in [0.29, 0.717) is 0 Å². The summed E-state index contributed by atoms with van der Waals surface area (Å²) in [5.74, 6) is 0. The maximum absolute atomic E-state index is 5.70. The second-order valence-electron chi connectivity index (χ2n) is 2.76. The molecule has 1 rings (SSSR count). The smallest absolute Gasteiger partial charge is 0.0379 e. The van der Waals surface area contributed by atoms with Gasteiger partial charge in [0.25, 0.3) is 0 Å². The second-order valence-corrected chi connectivity index (χ2v) is 2.76. The maximum Gasteiger partial charge on any atom is 0.0379 e. The lowest BCUT2D eigenvalue weighted by molar-refractivity contribution is 0.818. The topological polar surface area (TPSA) is 38.0 Å². The van der Waals surface area contributed by atoms with Crippen LogP contribution in [0.2, 0.25) is 0 Å². The third-order valence-electron chi connectivity index (χ3n) is 1.71. The number of nitrogens with one attached hydrogen (secondary N) is 1. The Labute approximate surface area is 73.1 Å². The fraction of sp³-hybridized carbons (Fsp3) is 0.200. The number of hydrogen-bond acceptors (Lipinski definition) is 2. The van der Waals surface area contributed by atoms with Gasteiger partial charge in [0.1, 0.15) is 0 Å². The van der Waals surface area contributed by atoms with Gasteiger partial charge in [0, 0.05) is 11.7 Å². The Morgan fingerprint density at radius 3 is 2.42 bits per heavy atom. The van der Waals surface area contributed by atoms with Gasteiger partial charge in [-0.2, -0.15) is 0 Å². The third-order valence-corrected chi connectivity index (χ3v) is 1.71. The van der Waals surface area contributed by atoms with E-state index in [1.54, 1.807) is 6.20 Å². The summed E-state index contributed by atoms with van der Waals surface area (Å²) in [4.78, 5) is 0. The summed E-state index contributed by atoms with van der Waals surface area (Å²) >= 11 is 0.